The normalized spacial score (nSPS) is 12.5. The molecule has 0 amide bonds. The summed E-state index contributed by atoms with van der Waals surface area (Å²) in [6, 6.07) is 5.93. The predicted molar refractivity (Wildman–Crippen MR) is 60.9 cm³/mol. The predicted octanol–water partition coefficient (Wildman–Crippen LogP) is 2.72. The van der Waals surface area contributed by atoms with Crippen LogP contribution in [0.15, 0.2) is 48.0 Å². The van der Waals surface area contributed by atoms with Gasteiger partial charge in [0.25, 0.3) is 0 Å². The second kappa shape index (κ2) is 5.05. The molecule has 0 aliphatic carbocycles. The maximum absolute atomic E-state index is 12.6. The van der Waals surface area contributed by atoms with Crippen molar-refractivity contribution in [3.8, 4) is 0 Å². The number of hydrogen-bond donors (Lipinski definition) is 1. The van der Waals surface area contributed by atoms with Crippen molar-refractivity contribution in [2.24, 2.45) is 5.16 Å². The van der Waals surface area contributed by atoms with Crippen molar-refractivity contribution in [1.82, 2.24) is 9.97 Å². The SMILES string of the molecule is O/N=C(/c1cccc(C(F)(F)F)c1)c1ccncn1. The molecule has 0 saturated heterocycles. The Balaban J connectivity index is 2.47. The van der Waals surface area contributed by atoms with E-state index in [9.17, 15) is 13.2 Å². The van der Waals surface area contributed by atoms with Crippen LogP contribution in [0.1, 0.15) is 16.8 Å². The van der Waals surface area contributed by atoms with Gasteiger partial charge in [-0.15, -0.1) is 0 Å². The summed E-state index contributed by atoms with van der Waals surface area (Å²) < 4.78 is 37.8. The summed E-state index contributed by atoms with van der Waals surface area (Å²) in [5.41, 5.74) is -0.512. The number of aromatic nitrogens is 2. The first-order valence-corrected chi connectivity index (χ1v) is 5.18. The maximum Gasteiger partial charge on any atom is 0.416 e. The molecule has 0 radical (unpaired) electrons. The van der Waals surface area contributed by atoms with Gasteiger partial charge < -0.3 is 5.21 Å². The van der Waals surface area contributed by atoms with Crippen LogP contribution in [0.25, 0.3) is 0 Å². The van der Waals surface area contributed by atoms with E-state index in [1.54, 1.807) is 0 Å². The molecule has 4 nitrogen and oxygen atoms in total. The van der Waals surface area contributed by atoms with Crippen LogP contribution in [0.2, 0.25) is 0 Å². The van der Waals surface area contributed by atoms with E-state index >= 15 is 0 Å². The Morgan fingerprint density at radius 1 is 1.21 bits per heavy atom. The summed E-state index contributed by atoms with van der Waals surface area (Å²) in [6.45, 7) is 0. The van der Waals surface area contributed by atoms with E-state index in [1.807, 2.05) is 0 Å². The lowest BCUT2D eigenvalue weighted by molar-refractivity contribution is -0.137. The summed E-state index contributed by atoms with van der Waals surface area (Å²) in [4.78, 5) is 7.52. The van der Waals surface area contributed by atoms with Crippen LogP contribution in [-0.4, -0.2) is 20.9 Å². The van der Waals surface area contributed by atoms with Gasteiger partial charge in [0.05, 0.1) is 11.3 Å². The van der Waals surface area contributed by atoms with Gasteiger partial charge in [-0.25, -0.2) is 9.97 Å². The van der Waals surface area contributed by atoms with Crippen molar-refractivity contribution in [2.45, 2.75) is 6.18 Å². The Hall–Kier alpha value is -2.44. The van der Waals surface area contributed by atoms with Gasteiger partial charge in [0.2, 0.25) is 0 Å². The molecular formula is C12H8F3N3O. The van der Waals surface area contributed by atoms with E-state index < -0.39 is 11.7 Å². The van der Waals surface area contributed by atoms with Gasteiger partial charge in [0.15, 0.2) is 0 Å². The van der Waals surface area contributed by atoms with Gasteiger partial charge in [0, 0.05) is 11.8 Å². The van der Waals surface area contributed by atoms with Crippen LogP contribution in [0.5, 0.6) is 0 Å². The molecule has 1 heterocycles. The highest BCUT2D eigenvalue weighted by Crippen LogP contribution is 2.29. The molecule has 0 atom stereocenters. The van der Waals surface area contributed by atoms with Gasteiger partial charge >= 0.3 is 6.18 Å². The first kappa shape index (κ1) is 13.0. The van der Waals surface area contributed by atoms with Crippen LogP contribution < -0.4 is 0 Å². The highest BCUT2D eigenvalue weighted by Gasteiger charge is 2.30. The van der Waals surface area contributed by atoms with Crippen LogP contribution in [0.3, 0.4) is 0 Å². The Morgan fingerprint density at radius 3 is 2.58 bits per heavy atom. The molecule has 0 bridgehead atoms. The fourth-order valence-electron chi connectivity index (χ4n) is 1.53. The van der Waals surface area contributed by atoms with Gasteiger partial charge in [-0.1, -0.05) is 17.3 Å². The first-order valence-electron chi connectivity index (χ1n) is 5.18. The van der Waals surface area contributed by atoms with Gasteiger partial charge in [-0.3, -0.25) is 0 Å². The summed E-state index contributed by atoms with van der Waals surface area (Å²) in [6.07, 6.45) is -1.84. The molecule has 19 heavy (non-hydrogen) atoms. The number of hydrogen-bond acceptors (Lipinski definition) is 4. The van der Waals surface area contributed by atoms with Crippen LogP contribution in [0.4, 0.5) is 13.2 Å². The Bertz CT molecular complexity index is 597. The van der Waals surface area contributed by atoms with E-state index in [-0.39, 0.29) is 17.0 Å². The van der Waals surface area contributed by atoms with Crippen LogP contribution in [-0.2, 0) is 6.18 Å². The summed E-state index contributed by atoms with van der Waals surface area (Å²) >= 11 is 0. The number of oxime groups is 1. The van der Waals surface area contributed by atoms with E-state index in [0.717, 1.165) is 12.1 Å². The zero-order valence-corrected chi connectivity index (χ0v) is 9.46. The van der Waals surface area contributed by atoms with E-state index in [1.165, 1.54) is 30.7 Å². The highest BCUT2D eigenvalue weighted by molar-refractivity contribution is 6.11. The third-order valence-corrected chi connectivity index (χ3v) is 2.39. The molecule has 2 rings (SSSR count). The largest absolute Gasteiger partial charge is 0.416 e. The van der Waals surface area contributed by atoms with E-state index in [4.69, 9.17) is 5.21 Å². The lowest BCUT2D eigenvalue weighted by Crippen LogP contribution is -2.10. The fraction of sp³-hybridized carbons (Fsp3) is 0.0833. The second-order valence-electron chi connectivity index (χ2n) is 3.62. The third-order valence-electron chi connectivity index (χ3n) is 2.39. The van der Waals surface area contributed by atoms with Crippen LogP contribution in [0, 0.1) is 0 Å². The standard InChI is InChI=1S/C12H8F3N3O/c13-12(14,15)9-3-1-2-8(6-9)11(18-19)10-4-5-16-7-17-10/h1-7,19H/b18-11-. The van der Waals surface area contributed by atoms with Crippen molar-refractivity contribution in [2.75, 3.05) is 0 Å². The molecule has 0 aliphatic heterocycles. The highest BCUT2D eigenvalue weighted by atomic mass is 19.4. The zero-order chi connectivity index (χ0) is 13.9. The summed E-state index contributed by atoms with van der Waals surface area (Å²) in [7, 11) is 0. The van der Waals surface area contributed by atoms with Crippen molar-refractivity contribution in [3.63, 3.8) is 0 Å². The third kappa shape index (κ3) is 2.87. The Morgan fingerprint density at radius 2 is 2.00 bits per heavy atom. The number of halogens is 3. The van der Waals surface area contributed by atoms with Gasteiger partial charge in [-0.2, -0.15) is 13.2 Å². The number of alkyl halides is 3. The van der Waals surface area contributed by atoms with Crippen molar-refractivity contribution >= 4 is 5.71 Å². The average Bonchev–Trinajstić information content (AvgIpc) is 2.40. The maximum atomic E-state index is 12.6. The smallest absolute Gasteiger partial charge is 0.410 e. The number of rotatable bonds is 2. The number of nitrogens with zero attached hydrogens (tertiary/aromatic N) is 3. The minimum Gasteiger partial charge on any atom is -0.410 e. The average molecular weight is 267 g/mol. The molecule has 0 unspecified atom stereocenters. The molecular weight excluding hydrogens is 259 g/mol. The fourth-order valence-corrected chi connectivity index (χ4v) is 1.53. The second-order valence-corrected chi connectivity index (χ2v) is 3.62. The molecule has 0 fully saturated rings. The molecule has 1 N–H and O–H groups in total. The summed E-state index contributed by atoms with van der Waals surface area (Å²) in [5, 5.41) is 12.0. The minimum absolute atomic E-state index is 0.0477. The van der Waals surface area contributed by atoms with Gasteiger partial charge in [0.1, 0.15) is 12.0 Å². The molecule has 7 heteroatoms. The van der Waals surface area contributed by atoms with Gasteiger partial charge in [-0.05, 0) is 18.2 Å². The zero-order valence-electron chi connectivity index (χ0n) is 9.46. The Kier molecular flexibility index (Phi) is 3.46. The quantitative estimate of drug-likeness (QED) is 0.517. The van der Waals surface area contributed by atoms with Crippen molar-refractivity contribution in [1.29, 1.82) is 0 Å². The van der Waals surface area contributed by atoms with Crippen molar-refractivity contribution < 1.29 is 18.4 Å². The molecule has 0 saturated carbocycles. The Labute approximate surface area is 106 Å². The van der Waals surface area contributed by atoms with E-state index in [0.29, 0.717) is 0 Å². The van der Waals surface area contributed by atoms with Crippen molar-refractivity contribution in [3.05, 3.63) is 59.7 Å². The monoisotopic (exact) mass is 267 g/mol. The topological polar surface area (TPSA) is 58.4 Å². The summed E-state index contributed by atoms with van der Waals surface area (Å²) in [5.74, 6) is 0. The minimum atomic E-state index is -4.46. The molecule has 98 valence electrons. The molecule has 0 spiro atoms. The van der Waals surface area contributed by atoms with E-state index in [2.05, 4.69) is 15.1 Å². The first-order chi connectivity index (χ1) is 9.02. The molecule has 0 aliphatic rings. The number of benzene rings is 1. The van der Waals surface area contributed by atoms with Crippen LogP contribution >= 0.6 is 0 Å². The molecule has 1 aromatic heterocycles. The lowest BCUT2D eigenvalue weighted by atomic mass is 10.0. The molecule has 1 aromatic carbocycles. The molecule has 2 aromatic rings. The lowest BCUT2D eigenvalue weighted by Gasteiger charge is -2.09.